The first-order valence-corrected chi connectivity index (χ1v) is 5.56. The van der Waals surface area contributed by atoms with Gasteiger partial charge in [0.1, 0.15) is 0 Å². The second kappa shape index (κ2) is 4.16. The van der Waals surface area contributed by atoms with Gasteiger partial charge in [0.2, 0.25) is 0 Å². The minimum absolute atomic E-state index is 0.238. The average Bonchev–Trinajstić information content (AvgIpc) is 2.01. The van der Waals surface area contributed by atoms with Crippen molar-refractivity contribution in [3.8, 4) is 0 Å². The molecule has 13 heavy (non-hydrogen) atoms. The number of rotatable bonds is 1. The Balaban J connectivity index is 3.13. The Bertz CT molecular complexity index is 309. The van der Waals surface area contributed by atoms with Crippen molar-refractivity contribution in [1.29, 1.82) is 0 Å². The highest BCUT2D eigenvalue weighted by molar-refractivity contribution is 14.1. The Kier molecular flexibility index (Phi) is 3.62. The van der Waals surface area contributed by atoms with Crippen molar-refractivity contribution in [2.24, 2.45) is 0 Å². The van der Waals surface area contributed by atoms with Crippen molar-refractivity contribution in [2.75, 3.05) is 0 Å². The van der Waals surface area contributed by atoms with E-state index in [2.05, 4.69) is 15.9 Å². The van der Waals surface area contributed by atoms with Crippen LogP contribution in [0.2, 0.25) is 0 Å². The van der Waals surface area contributed by atoms with E-state index in [4.69, 9.17) is 0 Å². The maximum atomic E-state index is 12.3. The van der Waals surface area contributed by atoms with E-state index in [0.717, 1.165) is 11.6 Å². The largest absolute Gasteiger partial charge is 0.417 e. The van der Waals surface area contributed by atoms with Gasteiger partial charge < -0.3 is 0 Å². The first kappa shape index (κ1) is 11.3. The summed E-state index contributed by atoms with van der Waals surface area (Å²) in [7, 11) is 0. The van der Waals surface area contributed by atoms with Crippen LogP contribution in [0.1, 0.15) is 11.1 Å². The molecule has 0 aliphatic rings. The number of alkyl halides is 4. The topological polar surface area (TPSA) is 0 Å². The Morgan fingerprint density at radius 2 is 1.92 bits per heavy atom. The van der Waals surface area contributed by atoms with E-state index in [1.54, 1.807) is 22.6 Å². The van der Waals surface area contributed by atoms with Crippen LogP contribution in [0, 0.1) is 3.57 Å². The highest BCUT2D eigenvalue weighted by Crippen LogP contribution is 2.33. The maximum Gasteiger partial charge on any atom is 0.417 e. The molecule has 5 heteroatoms. The molecule has 0 fully saturated rings. The summed E-state index contributed by atoms with van der Waals surface area (Å²) in [5, 5.41) is 0.571. The molecule has 72 valence electrons. The highest BCUT2D eigenvalue weighted by Gasteiger charge is 2.32. The van der Waals surface area contributed by atoms with E-state index in [1.807, 2.05) is 0 Å². The lowest BCUT2D eigenvalue weighted by atomic mass is 10.1. The van der Waals surface area contributed by atoms with Crippen LogP contribution in [0.15, 0.2) is 18.2 Å². The third-order valence-electron chi connectivity index (χ3n) is 1.49. The second-order valence-electron chi connectivity index (χ2n) is 2.45. The normalized spacial score (nSPS) is 11.8. The van der Waals surface area contributed by atoms with Gasteiger partial charge in [0.05, 0.1) is 5.56 Å². The molecule has 0 aromatic heterocycles. The second-order valence-corrected chi connectivity index (χ2v) is 4.17. The quantitative estimate of drug-likeness (QED) is 0.517. The van der Waals surface area contributed by atoms with Gasteiger partial charge in [-0.3, -0.25) is 0 Å². The van der Waals surface area contributed by atoms with Gasteiger partial charge in [-0.15, -0.1) is 0 Å². The van der Waals surface area contributed by atoms with Crippen LogP contribution in [0.4, 0.5) is 13.2 Å². The summed E-state index contributed by atoms with van der Waals surface area (Å²) in [6, 6.07) is 4.11. The Morgan fingerprint density at radius 3 is 2.31 bits per heavy atom. The van der Waals surface area contributed by atoms with E-state index < -0.39 is 11.7 Å². The van der Waals surface area contributed by atoms with Gasteiger partial charge in [0, 0.05) is 8.90 Å². The molecule has 0 saturated heterocycles. The number of hydrogen-bond donors (Lipinski definition) is 0. The molecule has 0 N–H and O–H groups in total. The van der Waals surface area contributed by atoms with Crippen molar-refractivity contribution in [1.82, 2.24) is 0 Å². The fraction of sp³-hybridized carbons (Fsp3) is 0.250. The Labute approximate surface area is 95.8 Å². The molecule has 0 bridgehead atoms. The molecule has 0 amide bonds. The van der Waals surface area contributed by atoms with Crippen molar-refractivity contribution in [2.45, 2.75) is 11.5 Å². The molecule has 0 unspecified atom stereocenters. The monoisotopic (exact) mass is 364 g/mol. The van der Waals surface area contributed by atoms with Crippen molar-refractivity contribution < 1.29 is 13.2 Å². The van der Waals surface area contributed by atoms with Crippen molar-refractivity contribution in [3.63, 3.8) is 0 Å². The molecular weight excluding hydrogens is 360 g/mol. The molecule has 0 radical (unpaired) electrons. The van der Waals surface area contributed by atoms with E-state index in [9.17, 15) is 13.2 Å². The average molecular weight is 365 g/mol. The summed E-state index contributed by atoms with van der Waals surface area (Å²) in [6.07, 6.45) is -4.25. The van der Waals surface area contributed by atoms with Crippen LogP contribution in [0.25, 0.3) is 0 Å². The van der Waals surface area contributed by atoms with Gasteiger partial charge in [-0.25, -0.2) is 0 Å². The zero-order valence-electron chi connectivity index (χ0n) is 6.33. The SMILES string of the molecule is FC(F)(F)c1ccc(CBr)cc1I. The van der Waals surface area contributed by atoms with Gasteiger partial charge in [0.25, 0.3) is 0 Å². The van der Waals surface area contributed by atoms with Gasteiger partial charge in [-0.05, 0) is 40.3 Å². The number of benzene rings is 1. The van der Waals surface area contributed by atoms with Crippen LogP contribution in [0.3, 0.4) is 0 Å². The fourth-order valence-corrected chi connectivity index (χ4v) is 2.11. The maximum absolute atomic E-state index is 12.3. The fourth-order valence-electron chi connectivity index (χ4n) is 0.872. The van der Waals surface area contributed by atoms with Crippen LogP contribution in [0.5, 0.6) is 0 Å². The van der Waals surface area contributed by atoms with E-state index in [0.29, 0.717) is 5.33 Å². The van der Waals surface area contributed by atoms with Crippen molar-refractivity contribution >= 4 is 38.5 Å². The summed E-state index contributed by atoms with van der Waals surface area (Å²) in [6.45, 7) is 0. The van der Waals surface area contributed by atoms with E-state index in [-0.39, 0.29) is 3.57 Å². The summed E-state index contributed by atoms with van der Waals surface area (Å²) < 4.78 is 37.0. The highest BCUT2D eigenvalue weighted by atomic mass is 127. The van der Waals surface area contributed by atoms with Crippen LogP contribution < -0.4 is 0 Å². The number of hydrogen-bond acceptors (Lipinski definition) is 0. The lowest BCUT2D eigenvalue weighted by molar-refractivity contribution is -0.138. The molecule has 0 nitrogen and oxygen atoms in total. The van der Waals surface area contributed by atoms with Gasteiger partial charge in [-0.1, -0.05) is 22.0 Å². The van der Waals surface area contributed by atoms with Gasteiger partial charge in [-0.2, -0.15) is 13.2 Å². The molecule has 0 spiro atoms. The molecule has 0 aliphatic carbocycles. The molecule has 0 heterocycles. The minimum Gasteiger partial charge on any atom is -0.166 e. The van der Waals surface area contributed by atoms with Crippen LogP contribution in [-0.2, 0) is 11.5 Å². The molecule has 1 aromatic rings. The van der Waals surface area contributed by atoms with E-state index >= 15 is 0 Å². The number of halogens is 5. The summed E-state index contributed by atoms with van der Waals surface area (Å²) in [4.78, 5) is 0. The zero-order chi connectivity index (χ0) is 10.1. The Hall–Kier alpha value is 0.220. The third-order valence-corrected chi connectivity index (χ3v) is 3.03. The predicted molar refractivity (Wildman–Crippen MR) is 56.8 cm³/mol. The summed E-state index contributed by atoms with van der Waals surface area (Å²) in [5.41, 5.74) is 0.273. The molecule has 0 aliphatic heterocycles. The molecule has 0 saturated carbocycles. The standard InChI is InChI=1S/C8H5BrF3I/c9-4-5-1-2-6(7(13)3-5)8(10,11)12/h1-3H,4H2. The van der Waals surface area contributed by atoms with Gasteiger partial charge in [0.15, 0.2) is 0 Å². The summed E-state index contributed by atoms with van der Waals surface area (Å²) in [5.74, 6) is 0. The molecule has 1 rings (SSSR count). The van der Waals surface area contributed by atoms with Crippen molar-refractivity contribution in [3.05, 3.63) is 32.9 Å². The predicted octanol–water partition coefficient (Wildman–Crippen LogP) is 4.20. The molecule has 1 aromatic carbocycles. The van der Waals surface area contributed by atoms with E-state index in [1.165, 1.54) is 12.1 Å². The third kappa shape index (κ3) is 2.83. The smallest absolute Gasteiger partial charge is 0.166 e. The molecule has 0 atom stereocenters. The molecular formula is C8H5BrF3I. The van der Waals surface area contributed by atoms with Gasteiger partial charge >= 0.3 is 6.18 Å². The Morgan fingerprint density at radius 1 is 1.31 bits per heavy atom. The van der Waals surface area contributed by atoms with Crippen LogP contribution >= 0.6 is 38.5 Å². The first-order chi connectivity index (χ1) is 5.95. The summed E-state index contributed by atoms with van der Waals surface area (Å²) >= 11 is 4.88. The lowest BCUT2D eigenvalue weighted by Crippen LogP contribution is -2.07. The first-order valence-electron chi connectivity index (χ1n) is 3.36. The minimum atomic E-state index is -4.25. The zero-order valence-corrected chi connectivity index (χ0v) is 10.1. The lowest BCUT2D eigenvalue weighted by Gasteiger charge is -2.09. The van der Waals surface area contributed by atoms with Crippen LogP contribution in [-0.4, -0.2) is 0 Å².